The monoisotopic (exact) mass is 542 g/mol. The summed E-state index contributed by atoms with van der Waals surface area (Å²) in [6.07, 6.45) is 5.76. The molecule has 210 valence electrons. The zero-order valence-corrected chi connectivity index (χ0v) is 23.6. The van der Waals surface area contributed by atoms with Gasteiger partial charge in [0.25, 0.3) is 5.91 Å². The molecule has 6 rings (SSSR count). The fraction of sp³-hybridized carbons (Fsp3) is 0.533. The number of pyridine rings is 1. The Morgan fingerprint density at radius 2 is 1.98 bits per heavy atom. The van der Waals surface area contributed by atoms with Crippen LogP contribution in [0.5, 0.6) is 0 Å². The number of carbonyl (C=O) groups excluding carboxylic acids is 1. The SMILES string of the molecule is Cc1nn(C)cc1C(=O)NC1CCN(C2CN(C[C@H]3CN(c4ccc(C#N)c5ncccc45)C[C@@H](C)O3)C2)CC1. The summed E-state index contributed by atoms with van der Waals surface area (Å²) < 4.78 is 8.06. The largest absolute Gasteiger partial charge is 0.370 e. The third-order valence-corrected chi connectivity index (χ3v) is 8.57. The Kier molecular flexibility index (Phi) is 7.45. The number of benzene rings is 1. The highest BCUT2D eigenvalue weighted by Gasteiger charge is 2.37. The Labute approximate surface area is 235 Å². The molecule has 3 fully saturated rings. The van der Waals surface area contributed by atoms with Crippen molar-refractivity contribution in [2.75, 3.05) is 50.7 Å². The van der Waals surface area contributed by atoms with Crippen molar-refractivity contribution >= 4 is 22.5 Å². The van der Waals surface area contributed by atoms with Crippen molar-refractivity contribution in [3.05, 3.63) is 53.5 Å². The van der Waals surface area contributed by atoms with Crippen molar-refractivity contribution < 1.29 is 9.53 Å². The number of anilines is 1. The molecule has 3 aromatic rings. The normalized spacial score (nSPS) is 23.2. The first-order valence-electron chi connectivity index (χ1n) is 14.3. The highest BCUT2D eigenvalue weighted by atomic mass is 16.5. The standard InChI is InChI=1S/C30H38N8O2/c1-20-14-38(28-7-6-22(13-31)29-26(28)5-4-10-32-29)18-25(40-20)17-36-15-24(16-36)37-11-8-23(9-12-37)33-30(39)27-19-35(3)34-21(27)2/h4-7,10,19-20,23-25H,8-9,11-12,14-18H2,1-3H3,(H,33,39)/t20-,25+/m1/s1. The Hall–Kier alpha value is -3.52. The van der Waals surface area contributed by atoms with Crippen LogP contribution < -0.4 is 10.2 Å². The summed E-state index contributed by atoms with van der Waals surface area (Å²) >= 11 is 0. The number of morpholine rings is 1. The van der Waals surface area contributed by atoms with Crippen LogP contribution >= 0.6 is 0 Å². The lowest BCUT2D eigenvalue weighted by atomic mass is 9.98. The molecule has 10 nitrogen and oxygen atoms in total. The summed E-state index contributed by atoms with van der Waals surface area (Å²) in [5.41, 5.74) is 3.94. The maximum atomic E-state index is 12.7. The number of rotatable bonds is 6. The summed E-state index contributed by atoms with van der Waals surface area (Å²) in [7, 11) is 1.84. The molecule has 2 atom stereocenters. The van der Waals surface area contributed by atoms with Crippen LogP contribution in [0.25, 0.3) is 10.9 Å². The predicted octanol–water partition coefficient (Wildman–Crippen LogP) is 2.32. The van der Waals surface area contributed by atoms with Crippen LogP contribution in [0.4, 0.5) is 5.69 Å². The van der Waals surface area contributed by atoms with Gasteiger partial charge in [-0.3, -0.25) is 24.3 Å². The minimum absolute atomic E-state index is 0.0140. The van der Waals surface area contributed by atoms with Crippen molar-refractivity contribution in [2.45, 2.75) is 51.0 Å². The van der Waals surface area contributed by atoms with E-state index in [4.69, 9.17) is 4.74 Å². The van der Waals surface area contributed by atoms with E-state index >= 15 is 0 Å². The van der Waals surface area contributed by atoms with E-state index in [0.717, 1.165) is 80.9 Å². The minimum atomic E-state index is -0.0140. The molecular weight excluding hydrogens is 504 g/mol. The molecule has 0 saturated carbocycles. The minimum Gasteiger partial charge on any atom is -0.370 e. The number of hydrogen-bond donors (Lipinski definition) is 1. The molecule has 0 radical (unpaired) electrons. The van der Waals surface area contributed by atoms with Gasteiger partial charge in [0.15, 0.2) is 0 Å². The maximum absolute atomic E-state index is 12.7. The lowest BCUT2D eigenvalue weighted by Gasteiger charge is -2.49. The molecule has 3 aliphatic rings. The van der Waals surface area contributed by atoms with Crippen molar-refractivity contribution in [3.63, 3.8) is 0 Å². The molecule has 40 heavy (non-hydrogen) atoms. The van der Waals surface area contributed by atoms with Gasteiger partial charge >= 0.3 is 0 Å². The first-order valence-corrected chi connectivity index (χ1v) is 14.3. The molecule has 1 amide bonds. The highest BCUT2D eigenvalue weighted by molar-refractivity contribution is 5.95. The molecule has 0 bridgehead atoms. The highest BCUT2D eigenvalue weighted by Crippen LogP contribution is 2.31. The topological polar surface area (TPSA) is 103 Å². The summed E-state index contributed by atoms with van der Waals surface area (Å²) in [6, 6.07) is 11.0. The van der Waals surface area contributed by atoms with Crippen LogP contribution in [0.15, 0.2) is 36.7 Å². The quantitative estimate of drug-likeness (QED) is 0.507. The number of carbonyl (C=O) groups is 1. The van der Waals surface area contributed by atoms with Gasteiger partial charge < -0.3 is 15.0 Å². The van der Waals surface area contributed by atoms with Crippen LogP contribution in [-0.2, 0) is 11.8 Å². The summed E-state index contributed by atoms with van der Waals surface area (Å²) in [5.74, 6) is -0.0140. The van der Waals surface area contributed by atoms with Gasteiger partial charge in [0, 0.05) is 88.4 Å². The van der Waals surface area contributed by atoms with Crippen LogP contribution in [0.1, 0.15) is 41.4 Å². The van der Waals surface area contributed by atoms with Gasteiger partial charge in [-0.1, -0.05) is 0 Å². The Balaban J connectivity index is 0.991. The average molecular weight is 543 g/mol. The number of aryl methyl sites for hydroxylation is 2. The van der Waals surface area contributed by atoms with Crippen LogP contribution in [0, 0.1) is 18.3 Å². The number of nitrogens with zero attached hydrogens (tertiary/aromatic N) is 7. The lowest BCUT2D eigenvalue weighted by Crippen LogP contribution is -2.64. The van der Waals surface area contributed by atoms with E-state index in [1.165, 1.54) is 0 Å². The maximum Gasteiger partial charge on any atom is 0.254 e. The number of fused-ring (bicyclic) bond motifs is 1. The molecule has 1 N–H and O–H groups in total. The zero-order chi connectivity index (χ0) is 27.8. The van der Waals surface area contributed by atoms with Crippen LogP contribution in [-0.4, -0.2) is 101 Å². The molecule has 10 heteroatoms. The van der Waals surface area contributed by atoms with E-state index in [-0.39, 0.29) is 24.2 Å². The molecule has 2 aromatic heterocycles. The molecule has 3 aliphatic heterocycles. The molecule has 0 spiro atoms. The lowest BCUT2D eigenvalue weighted by molar-refractivity contribution is -0.0595. The Morgan fingerprint density at radius 1 is 1.18 bits per heavy atom. The molecule has 5 heterocycles. The second-order valence-corrected chi connectivity index (χ2v) is 11.6. The van der Waals surface area contributed by atoms with Crippen molar-refractivity contribution in [1.29, 1.82) is 5.26 Å². The molecule has 1 aromatic carbocycles. The van der Waals surface area contributed by atoms with Gasteiger partial charge in [0.2, 0.25) is 0 Å². The fourth-order valence-electron chi connectivity index (χ4n) is 6.57. The summed E-state index contributed by atoms with van der Waals surface area (Å²) in [5, 5.41) is 18.0. The molecule has 0 aliphatic carbocycles. The van der Waals surface area contributed by atoms with Gasteiger partial charge in [-0.15, -0.1) is 0 Å². The van der Waals surface area contributed by atoms with E-state index in [2.05, 4.69) is 55.2 Å². The van der Waals surface area contributed by atoms with Gasteiger partial charge in [0.05, 0.1) is 34.5 Å². The van der Waals surface area contributed by atoms with Crippen LogP contribution in [0.2, 0.25) is 0 Å². The molecule has 3 saturated heterocycles. The number of likely N-dealkylation sites (tertiary alicyclic amines) is 2. The van der Waals surface area contributed by atoms with Crippen molar-refractivity contribution in [2.24, 2.45) is 7.05 Å². The van der Waals surface area contributed by atoms with Gasteiger partial charge in [-0.25, -0.2) is 0 Å². The number of hydrogen-bond acceptors (Lipinski definition) is 8. The third-order valence-electron chi connectivity index (χ3n) is 8.57. The number of nitrogens with one attached hydrogen (secondary N) is 1. The summed E-state index contributed by atoms with van der Waals surface area (Å²) in [6.45, 7) is 10.7. The van der Waals surface area contributed by atoms with Crippen molar-refractivity contribution in [1.82, 2.24) is 29.9 Å². The number of ether oxygens (including phenoxy) is 1. The molecular formula is C30H38N8O2. The number of amides is 1. The average Bonchev–Trinajstić information content (AvgIpc) is 3.28. The third kappa shape index (κ3) is 5.42. The van der Waals surface area contributed by atoms with Crippen LogP contribution in [0.3, 0.4) is 0 Å². The molecule has 0 unspecified atom stereocenters. The van der Waals surface area contributed by atoms with E-state index in [1.807, 2.05) is 26.1 Å². The Morgan fingerprint density at radius 3 is 2.70 bits per heavy atom. The van der Waals surface area contributed by atoms with Crippen molar-refractivity contribution in [3.8, 4) is 6.07 Å². The van der Waals surface area contributed by atoms with E-state index in [0.29, 0.717) is 17.2 Å². The first kappa shape index (κ1) is 26.7. The summed E-state index contributed by atoms with van der Waals surface area (Å²) in [4.78, 5) is 24.6. The van der Waals surface area contributed by atoms with Gasteiger partial charge in [0.1, 0.15) is 6.07 Å². The number of aromatic nitrogens is 3. The smallest absolute Gasteiger partial charge is 0.254 e. The van der Waals surface area contributed by atoms with E-state index < -0.39 is 0 Å². The Bertz CT molecular complexity index is 1420. The predicted molar refractivity (Wildman–Crippen MR) is 153 cm³/mol. The fourth-order valence-corrected chi connectivity index (χ4v) is 6.57. The van der Waals surface area contributed by atoms with E-state index in [9.17, 15) is 10.1 Å². The number of piperidine rings is 1. The van der Waals surface area contributed by atoms with E-state index in [1.54, 1.807) is 17.1 Å². The second kappa shape index (κ2) is 11.2. The second-order valence-electron chi connectivity index (χ2n) is 11.6. The van der Waals surface area contributed by atoms with Gasteiger partial charge in [-0.05, 0) is 51.0 Å². The number of nitriles is 1. The first-order chi connectivity index (χ1) is 19.4. The van der Waals surface area contributed by atoms with Gasteiger partial charge in [-0.2, -0.15) is 10.4 Å². The zero-order valence-electron chi connectivity index (χ0n) is 23.6.